The molecule has 1 saturated carbocycles. The number of para-hydroxylation sites is 1. The summed E-state index contributed by atoms with van der Waals surface area (Å²) in [6.45, 7) is 3.42. The lowest BCUT2D eigenvalue weighted by molar-refractivity contribution is -0.122. The number of piperazine rings is 1. The zero-order valence-corrected chi connectivity index (χ0v) is 18.7. The number of carboxylic acid groups (broad SMARTS) is 1. The highest BCUT2D eigenvalue weighted by atomic mass is 16.5. The van der Waals surface area contributed by atoms with Crippen molar-refractivity contribution < 1.29 is 24.4 Å². The van der Waals surface area contributed by atoms with Crippen molar-refractivity contribution in [2.45, 2.75) is 50.5 Å². The van der Waals surface area contributed by atoms with E-state index in [1.807, 2.05) is 4.90 Å². The van der Waals surface area contributed by atoms with Crippen LogP contribution in [-0.4, -0.2) is 83.0 Å². The van der Waals surface area contributed by atoms with Crippen LogP contribution in [0.15, 0.2) is 18.2 Å². The van der Waals surface area contributed by atoms with Gasteiger partial charge in [-0.3, -0.25) is 15.1 Å². The minimum absolute atomic E-state index is 0.00999. The molecule has 0 aromatic heterocycles. The predicted molar refractivity (Wildman–Crippen MR) is 123 cm³/mol. The summed E-state index contributed by atoms with van der Waals surface area (Å²) < 4.78 is 5.46. The Bertz CT molecular complexity index is 899. The zero-order chi connectivity index (χ0) is 23.5. The molecule has 0 radical (unpaired) electrons. The fourth-order valence-corrected chi connectivity index (χ4v) is 5.29. The summed E-state index contributed by atoms with van der Waals surface area (Å²) in [5.41, 5.74) is 6.25. The topological polar surface area (TPSA) is 152 Å². The summed E-state index contributed by atoms with van der Waals surface area (Å²) in [6.07, 6.45) is 4.81. The molecule has 2 aliphatic heterocycles. The second-order valence-corrected chi connectivity index (χ2v) is 9.27. The number of aromatic carboxylic acids is 1. The summed E-state index contributed by atoms with van der Waals surface area (Å²) in [7, 11) is -1.29. The molecular weight excluding hydrogens is 425 g/mol. The molecule has 1 aliphatic carbocycles. The lowest BCUT2D eigenvalue weighted by Crippen LogP contribution is -2.54. The molecule has 1 amide bonds. The third-order valence-electron chi connectivity index (χ3n) is 7.16. The van der Waals surface area contributed by atoms with Crippen LogP contribution in [0.4, 0.5) is 0 Å². The van der Waals surface area contributed by atoms with Crippen molar-refractivity contribution in [3.05, 3.63) is 29.3 Å². The summed E-state index contributed by atoms with van der Waals surface area (Å²) in [5.74, 6) is -1.21. The van der Waals surface area contributed by atoms with Crippen LogP contribution in [-0.2, 0) is 11.2 Å². The Labute approximate surface area is 193 Å². The van der Waals surface area contributed by atoms with Crippen LogP contribution in [0, 0.1) is 11.3 Å². The van der Waals surface area contributed by atoms with Crippen molar-refractivity contribution in [2.75, 3.05) is 26.2 Å². The Morgan fingerprint density at radius 1 is 1.18 bits per heavy atom. The first-order valence-electron chi connectivity index (χ1n) is 11.6. The molecule has 1 aromatic carbocycles. The van der Waals surface area contributed by atoms with Gasteiger partial charge in [0.25, 0.3) is 0 Å². The third kappa shape index (κ3) is 5.41. The minimum Gasteiger partial charge on any atom is -0.534 e. The molecule has 1 saturated heterocycles. The Kier molecular flexibility index (Phi) is 7.09. The predicted octanol–water partition coefficient (Wildman–Crippen LogP) is 0.284. The summed E-state index contributed by atoms with van der Waals surface area (Å²) in [6, 6.07) is 5.35. The van der Waals surface area contributed by atoms with Crippen LogP contribution in [0.2, 0.25) is 0 Å². The second-order valence-electron chi connectivity index (χ2n) is 9.27. The van der Waals surface area contributed by atoms with E-state index in [4.69, 9.17) is 15.8 Å². The lowest BCUT2D eigenvalue weighted by Gasteiger charge is -2.42. The number of rotatable bonds is 5. The van der Waals surface area contributed by atoms with Crippen molar-refractivity contribution in [1.29, 1.82) is 5.41 Å². The SMILES string of the molecule is N=C(N)N1CCN(C2CCC(CC(=O)N[C@H]3Cc4cccc(C(=O)O)c4OB3O)CC2)CC1. The van der Waals surface area contributed by atoms with Gasteiger partial charge >= 0.3 is 13.1 Å². The van der Waals surface area contributed by atoms with E-state index in [1.54, 1.807) is 12.1 Å². The fourth-order valence-electron chi connectivity index (χ4n) is 5.29. The van der Waals surface area contributed by atoms with Gasteiger partial charge in [-0.2, -0.15) is 0 Å². The third-order valence-corrected chi connectivity index (χ3v) is 7.16. The molecule has 4 rings (SSSR count). The highest BCUT2D eigenvalue weighted by Crippen LogP contribution is 2.32. The summed E-state index contributed by atoms with van der Waals surface area (Å²) >= 11 is 0. The molecule has 10 nitrogen and oxygen atoms in total. The molecule has 0 bridgehead atoms. The highest BCUT2D eigenvalue weighted by Gasteiger charge is 2.38. The fraction of sp³-hybridized carbons (Fsp3) is 0.591. The average molecular weight is 457 g/mol. The van der Waals surface area contributed by atoms with Crippen LogP contribution >= 0.6 is 0 Å². The van der Waals surface area contributed by atoms with Gasteiger partial charge in [0.05, 0.1) is 11.5 Å². The maximum atomic E-state index is 12.7. The van der Waals surface area contributed by atoms with Gasteiger partial charge in [0.2, 0.25) is 5.91 Å². The van der Waals surface area contributed by atoms with Gasteiger partial charge in [0, 0.05) is 38.6 Å². The van der Waals surface area contributed by atoms with E-state index in [0.717, 1.165) is 51.9 Å². The maximum absolute atomic E-state index is 12.7. The molecular formula is C22H32BN5O5. The molecule has 1 aromatic rings. The second kappa shape index (κ2) is 10.0. The molecule has 1 atom stereocenters. The first-order valence-corrected chi connectivity index (χ1v) is 11.6. The van der Waals surface area contributed by atoms with E-state index < -0.39 is 19.0 Å². The molecule has 0 unspecified atom stereocenters. The Balaban J connectivity index is 1.24. The van der Waals surface area contributed by atoms with Gasteiger partial charge in [-0.05, 0) is 49.7 Å². The number of nitrogens with zero attached hydrogens (tertiary/aromatic N) is 2. The number of hydrogen-bond donors (Lipinski definition) is 5. The molecule has 3 aliphatic rings. The van der Waals surface area contributed by atoms with Gasteiger partial charge in [-0.15, -0.1) is 0 Å². The first-order chi connectivity index (χ1) is 15.8. The van der Waals surface area contributed by atoms with Crippen molar-refractivity contribution >= 4 is 25.0 Å². The number of fused-ring (bicyclic) bond motifs is 1. The van der Waals surface area contributed by atoms with Crippen LogP contribution in [0.25, 0.3) is 0 Å². The van der Waals surface area contributed by atoms with E-state index >= 15 is 0 Å². The van der Waals surface area contributed by atoms with E-state index in [2.05, 4.69) is 10.2 Å². The van der Waals surface area contributed by atoms with E-state index in [-0.39, 0.29) is 23.2 Å². The molecule has 2 heterocycles. The highest BCUT2D eigenvalue weighted by molar-refractivity contribution is 6.47. The van der Waals surface area contributed by atoms with Crippen molar-refractivity contribution in [2.24, 2.45) is 11.7 Å². The smallest absolute Gasteiger partial charge is 0.534 e. The van der Waals surface area contributed by atoms with Crippen LogP contribution in [0.3, 0.4) is 0 Å². The number of nitrogens with two attached hydrogens (primary N) is 1. The van der Waals surface area contributed by atoms with Gasteiger partial charge < -0.3 is 30.7 Å². The molecule has 178 valence electrons. The standard InChI is InChI=1S/C22H32BN5O5/c24-22(25)28-10-8-27(9-11-28)16-6-4-14(5-7-16)12-19(29)26-18-13-15-2-1-3-17(21(30)31)20(15)33-23(18)32/h1-3,14,16,18,32H,4-13H2,(H3,24,25)(H,26,29)(H,30,31)/t14?,16?,18-/m0/s1. The quantitative estimate of drug-likeness (QED) is 0.240. The number of amides is 1. The van der Waals surface area contributed by atoms with E-state index in [0.29, 0.717) is 30.4 Å². The number of benzene rings is 1. The molecule has 2 fully saturated rings. The number of carboxylic acids is 1. The van der Waals surface area contributed by atoms with Gasteiger partial charge in [-0.25, -0.2) is 4.79 Å². The number of nitrogens with one attached hydrogen (secondary N) is 2. The van der Waals surface area contributed by atoms with Crippen molar-refractivity contribution in [3.8, 4) is 5.75 Å². The largest absolute Gasteiger partial charge is 0.547 e. The average Bonchev–Trinajstić information content (AvgIpc) is 2.79. The Morgan fingerprint density at radius 3 is 2.52 bits per heavy atom. The van der Waals surface area contributed by atoms with Crippen molar-refractivity contribution in [3.63, 3.8) is 0 Å². The Hall–Kier alpha value is -2.79. The zero-order valence-electron chi connectivity index (χ0n) is 18.7. The lowest BCUT2D eigenvalue weighted by atomic mass is 9.72. The summed E-state index contributed by atoms with van der Waals surface area (Å²) in [5, 5.41) is 30.1. The van der Waals surface area contributed by atoms with Gasteiger partial charge in [0.15, 0.2) is 5.96 Å². The van der Waals surface area contributed by atoms with E-state index in [1.165, 1.54) is 6.07 Å². The first kappa shape index (κ1) is 23.4. The van der Waals surface area contributed by atoms with Crippen LogP contribution in [0.5, 0.6) is 5.75 Å². The van der Waals surface area contributed by atoms with Gasteiger partial charge in [-0.1, -0.05) is 12.1 Å². The Morgan fingerprint density at radius 2 is 1.88 bits per heavy atom. The summed E-state index contributed by atoms with van der Waals surface area (Å²) in [4.78, 5) is 28.4. The molecule has 33 heavy (non-hydrogen) atoms. The number of hydrogen-bond acceptors (Lipinski definition) is 6. The van der Waals surface area contributed by atoms with E-state index in [9.17, 15) is 19.7 Å². The number of guanidine groups is 1. The molecule has 6 N–H and O–H groups in total. The maximum Gasteiger partial charge on any atom is 0.547 e. The monoisotopic (exact) mass is 457 g/mol. The molecule has 11 heteroatoms. The number of carbonyl (C=O) groups is 2. The van der Waals surface area contributed by atoms with Crippen LogP contribution < -0.4 is 15.7 Å². The van der Waals surface area contributed by atoms with Crippen LogP contribution in [0.1, 0.15) is 48.0 Å². The van der Waals surface area contributed by atoms with Gasteiger partial charge in [0.1, 0.15) is 5.75 Å². The van der Waals surface area contributed by atoms with Crippen molar-refractivity contribution in [1.82, 2.24) is 15.1 Å². The minimum atomic E-state index is -1.29. The number of carbonyl (C=O) groups excluding carboxylic acids is 1. The molecule has 0 spiro atoms. The normalized spacial score (nSPS) is 25.7.